The van der Waals surface area contributed by atoms with E-state index in [1.165, 1.54) is 24.2 Å². The van der Waals surface area contributed by atoms with Crippen LogP contribution in [-0.2, 0) is 11.3 Å². The zero-order chi connectivity index (χ0) is 14.4. The highest BCUT2D eigenvalue weighted by Gasteiger charge is 2.17. The van der Waals surface area contributed by atoms with Gasteiger partial charge in [0.2, 0.25) is 5.91 Å². The Morgan fingerprint density at radius 2 is 2.27 bits per heavy atom. The Morgan fingerprint density at radius 1 is 1.50 bits per heavy atom. The molecule has 1 amide bonds. The number of carbonyl (C=O) groups is 1. The minimum absolute atomic E-state index is 0. The third-order valence-electron chi connectivity index (χ3n) is 3.53. The summed E-state index contributed by atoms with van der Waals surface area (Å²) in [6.07, 6.45) is 3.09. The maximum Gasteiger partial charge on any atom is 0.227 e. The van der Waals surface area contributed by atoms with Crippen LogP contribution in [0.25, 0.3) is 0 Å². The van der Waals surface area contributed by atoms with Gasteiger partial charge in [-0.15, -0.1) is 36.2 Å². The number of nitrogens with one attached hydrogen (secondary N) is 2. The molecular weight excluding hydrogens is 343 g/mol. The molecule has 0 aromatic carbocycles. The van der Waals surface area contributed by atoms with Gasteiger partial charge in [-0.3, -0.25) is 9.69 Å². The molecule has 0 bridgehead atoms. The lowest BCUT2D eigenvalue weighted by Gasteiger charge is -2.30. The van der Waals surface area contributed by atoms with Crippen molar-refractivity contribution in [2.24, 2.45) is 5.92 Å². The highest BCUT2D eigenvalue weighted by Crippen LogP contribution is 2.20. The maximum atomic E-state index is 11.6. The van der Waals surface area contributed by atoms with Crippen LogP contribution in [0.3, 0.4) is 0 Å². The number of hydrogen-bond acceptors (Lipinski definition) is 5. The second kappa shape index (κ2) is 11.2. The van der Waals surface area contributed by atoms with Gasteiger partial charge in [0.25, 0.3) is 0 Å². The summed E-state index contributed by atoms with van der Waals surface area (Å²) >= 11 is 1.51. The molecule has 2 heterocycles. The Bertz CT molecular complexity index is 444. The Balaban J connectivity index is 0.00000220. The first-order chi connectivity index (χ1) is 9.67. The quantitative estimate of drug-likeness (QED) is 0.810. The lowest BCUT2D eigenvalue weighted by atomic mass is 10.0. The number of halogens is 2. The minimum Gasteiger partial charge on any atom is -0.319 e. The molecule has 0 spiro atoms. The third kappa shape index (κ3) is 7.24. The molecule has 1 atom stereocenters. The summed E-state index contributed by atoms with van der Waals surface area (Å²) in [5.74, 6) is 0.801. The number of amides is 1. The van der Waals surface area contributed by atoms with Crippen LogP contribution >= 0.6 is 36.2 Å². The topological polar surface area (TPSA) is 57.3 Å². The molecule has 1 aromatic heterocycles. The van der Waals surface area contributed by atoms with Crippen molar-refractivity contribution in [2.45, 2.75) is 32.7 Å². The molecule has 1 unspecified atom stereocenters. The van der Waals surface area contributed by atoms with Crippen molar-refractivity contribution in [1.82, 2.24) is 15.2 Å². The average Bonchev–Trinajstić information content (AvgIpc) is 2.83. The van der Waals surface area contributed by atoms with Gasteiger partial charge in [0.1, 0.15) is 0 Å². The molecule has 1 fully saturated rings. The molecule has 0 saturated carbocycles. The van der Waals surface area contributed by atoms with E-state index in [4.69, 9.17) is 0 Å². The molecule has 128 valence electrons. The normalized spacial score (nSPS) is 18.2. The predicted molar refractivity (Wildman–Crippen MR) is 97.5 cm³/mol. The molecule has 0 radical (unpaired) electrons. The van der Waals surface area contributed by atoms with Crippen molar-refractivity contribution in [3.05, 3.63) is 11.1 Å². The molecule has 2 rings (SSSR count). The van der Waals surface area contributed by atoms with Crippen LogP contribution in [0.2, 0.25) is 0 Å². The smallest absolute Gasteiger partial charge is 0.227 e. The van der Waals surface area contributed by atoms with Gasteiger partial charge >= 0.3 is 0 Å². The van der Waals surface area contributed by atoms with E-state index in [0.717, 1.165) is 31.2 Å². The Hall–Kier alpha value is -0.400. The van der Waals surface area contributed by atoms with Crippen LogP contribution in [0, 0.1) is 5.92 Å². The van der Waals surface area contributed by atoms with E-state index in [0.29, 0.717) is 18.1 Å². The van der Waals surface area contributed by atoms with E-state index in [9.17, 15) is 4.79 Å². The van der Waals surface area contributed by atoms with Gasteiger partial charge in [0.05, 0.1) is 5.69 Å². The molecule has 2 N–H and O–H groups in total. The summed E-state index contributed by atoms with van der Waals surface area (Å²) < 4.78 is 0. The van der Waals surface area contributed by atoms with Crippen LogP contribution in [0.5, 0.6) is 0 Å². The van der Waals surface area contributed by atoms with E-state index in [-0.39, 0.29) is 30.7 Å². The summed E-state index contributed by atoms with van der Waals surface area (Å²) in [7, 11) is 1.84. The SMILES string of the molecule is CNCCC(=O)Nc1nc(CN2CCCC(C)C2)cs1.Cl.Cl. The highest BCUT2D eigenvalue weighted by atomic mass is 35.5. The van der Waals surface area contributed by atoms with Gasteiger partial charge in [0.15, 0.2) is 5.13 Å². The van der Waals surface area contributed by atoms with Crippen molar-refractivity contribution in [3.8, 4) is 0 Å². The Kier molecular flexibility index (Phi) is 11.0. The summed E-state index contributed by atoms with van der Waals surface area (Å²) in [5.41, 5.74) is 1.06. The lowest BCUT2D eigenvalue weighted by molar-refractivity contribution is -0.116. The van der Waals surface area contributed by atoms with Gasteiger partial charge in [-0.05, 0) is 32.4 Å². The first-order valence-corrected chi connectivity index (χ1v) is 8.16. The number of rotatable bonds is 6. The number of likely N-dealkylation sites (tertiary alicyclic amines) is 1. The van der Waals surface area contributed by atoms with Gasteiger partial charge in [0, 0.05) is 31.4 Å². The molecule has 1 saturated heterocycles. The second-order valence-electron chi connectivity index (χ2n) is 5.53. The maximum absolute atomic E-state index is 11.6. The van der Waals surface area contributed by atoms with Crippen molar-refractivity contribution in [3.63, 3.8) is 0 Å². The van der Waals surface area contributed by atoms with Crippen LogP contribution in [0.15, 0.2) is 5.38 Å². The highest BCUT2D eigenvalue weighted by molar-refractivity contribution is 7.13. The van der Waals surface area contributed by atoms with Crippen molar-refractivity contribution < 1.29 is 4.79 Å². The van der Waals surface area contributed by atoms with Crippen LogP contribution < -0.4 is 10.6 Å². The number of piperidine rings is 1. The first-order valence-electron chi connectivity index (χ1n) is 7.28. The van der Waals surface area contributed by atoms with Gasteiger partial charge in [-0.2, -0.15) is 0 Å². The zero-order valence-corrected chi connectivity index (χ0v) is 15.6. The van der Waals surface area contributed by atoms with E-state index in [1.807, 2.05) is 12.4 Å². The predicted octanol–water partition coefficient (Wildman–Crippen LogP) is 2.77. The number of anilines is 1. The number of carbonyl (C=O) groups excluding carboxylic acids is 1. The van der Waals surface area contributed by atoms with Crippen molar-refractivity contribution in [1.29, 1.82) is 0 Å². The molecule has 5 nitrogen and oxygen atoms in total. The Labute approximate surface area is 149 Å². The lowest BCUT2D eigenvalue weighted by Crippen LogP contribution is -2.33. The monoisotopic (exact) mass is 368 g/mol. The molecule has 8 heteroatoms. The molecule has 1 aliphatic heterocycles. The fraction of sp³-hybridized carbons (Fsp3) is 0.714. The summed E-state index contributed by atoms with van der Waals surface area (Å²) in [6.45, 7) is 6.21. The molecule has 1 aromatic rings. The van der Waals surface area contributed by atoms with Crippen LogP contribution in [-0.4, -0.2) is 42.5 Å². The van der Waals surface area contributed by atoms with E-state index >= 15 is 0 Å². The Morgan fingerprint density at radius 3 is 2.95 bits per heavy atom. The molecule has 22 heavy (non-hydrogen) atoms. The number of aromatic nitrogens is 1. The third-order valence-corrected chi connectivity index (χ3v) is 4.33. The summed E-state index contributed by atoms with van der Waals surface area (Å²) in [4.78, 5) is 18.6. The van der Waals surface area contributed by atoms with Gasteiger partial charge in [-0.25, -0.2) is 4.98 Å². The number of hydrogen-bond donors (Lipinski definition) is 2. The average molecular weight is 369 g/mol. The van der Waals surface area contributed by atoms with Crippen molar-refractivity contribution in [2.75, 3.05) is 32.0 Å². The van der Waals surface area contributed by atoms with Crippen molar-refractivity contribution >= 4 is 47.2 Å². The van der Waals surface area contributed by atoms with E-state index in [2.05, 4.69) is 27.4 Å². The summed E-state index contributed by atoms with van der Waals surface area (Å²) in [6, 6.07) is 0. The van der Waals surface area contributed by atoms with E-state index < -0.39 is 0 Å². The summed E-state index contributed by atoms with van der Waals surface area (Å²) in [5, 5.41) is 8.58. The minimum atomic E-state index is 0. The zero-order valence-electron chi connectivity index (χ0n) is 13.1. The fourth-order valence-corrected chi connectivity index (χ4v) is 3.23. The largest absolute Gasteiger partial charge is 0.319 e. The number of nitrogens with zero attached hydrogens (tertiary/aromatic N) is 2. The van der Waals surface area contributed by atoms with Gasteiger partial charge in [-0.1, -0.05) is 6.92 Å². The molecular formula is C14H26Cl2N4OS. The molecule has 1 aliphatic rings. The fourth-order valence-electron chi connectivity index (χ4n) is 2.52. The number of thiazole rings is 1. The first kappa shape index (κ1) is 21.6. The van der Waals surface area contributed by atoms with Crippen LogP contribution in [0.4, 0.5) is 5.13 Å². The molecule has 0 aliphatic carbocycles. The van der Waals surface area contributed by atoms with Gasteiger partial charge < -0.3 is 10.6 Å². The standard InChI is InChI=1S/C14H24N4OS.2ClH/c1-11-4-3-7-18(8-11)9-12-10-20-14(16-12)17-13(19)5-6-15-2;;/h10-11,15H,3-9H2,1-2H3,(H,16,17,19);2*1H. The van der Waals surface area contributed by atoms with Crippen LogP contribution in [0.1, 0.15) is 31.9 Å². The second-order valence-corrected chi connectivity index (χ2v) is 6.39. The van der Waals surface area contributed by atoms with E-state index in [1.54, 1.807) is 0 Å².